The third-order valence-corrected chi connectivity index (χ3v) is 5.49. The summed E-state index contributed by atoms with van der Waals surface area (Å²) in [5.41, 5.74) is 2.84. The van der Waals surface area contributed by atoms with Gasteiger partial charge in [0.05, 0.1) is 0 Å². The summed E-state index contributed by atoms with van der Waals surface area (Å²) in [6.07, 6.45) is 4.26. The van der Waals surface area contributed by atoms with Crippen molar-refractivity contribution in [3.05, 3.63) is 59.4 Å². The molecule has 0 saturated carbocycles. The molecule has 3 heterocycles. The summed E-state index contributed by atoms with van der Waals surface area (Å²) in [5, 5.41) is 13.2. The molecule has 7 heteroatoms. The number of nitrogens with one attached hydrogen (secondary N) is 1. The van der Waals surface area contributed by atoms with Gasteiger partial charge in [0.2, 0.25) is 10.3 Å². The van der Waals surface area contributed by atoms with Crippen LogP contribution in [0.4, 0.5) is 5.13 Å². The van der Waals surface area contributed by atoms with Crippen molar-refractivity contribution in [1.82, 2.24) is 20.1 Å². The van der Waals surface area contributed by atoms with Crippen molar-refractivity contribution >= 4 is 22.4 Å². The monoisotopic (exact) mass is 367 g/mol. The minimum atomic E-state index is -0.116. The van der Waals surface area contributed by atoms with Gasteiger partial charge in [0.25, 0.3) is 5.91 Å². The van der Waals surface area contributed by atoms with Gasteiger partial charge in [-0.25, -0.2) is 0 Å². The lowest BCUT2D eigenvalue weighted by molar-refractivity contribution is 0.0944. The second kappa shape index (κ2) is 7.29. The molecule has 0 radical (unpaired) electrons. The minimum absolute atomic E-state index is 0.116. The number of nitrogens with zero attached hydrogens (tertiary/aromatic N) is 4. The average molecular weight is 367 g/mol. The van der Waals surface area contributed by atoms with Crippen molar-refractivity contribution in [1.29, 1.82) is 0 Å². The molecule has 0 bridgehead atoms. The highest BCUT2D eigenvalue weighted by atomic mass is 32.1. The quantitative estimate of drug-likeness (QED) is 0.752. The minimum Gasteiger partial charge on any atom is -0.347 e. The Morgan fingerprint density at radius 1 is 1.15 bits per heavy atom. The number of aromatic nitrogens is 3. The van der Waals surface area contributed by atoms with Crippen LogP contribution in [-0.2, 0) is 6.54 Å². The Hall–Kier alpha value is -2.67. The van der Waals surface area contributed by atoms with Gasteiger partial charge in [-0.3, -0.25) is 9.36 Å². The Balaban J connectivity index is 1.48. The topological polar surface area (TPSA) is 63.1 Å². The lowest BCUT2D eigenvalue weighted by atomic mass is 10.1. The first-order chi connectivity index (χ1) is 12.7. The number of hydrogen-bond donors (Lipinski definition) is 1. The van der Waals surface area contributed by atoms with Crippen LogP contribution in [0.15, 0.2) is 42.6 Å². The van der Waals surface area contributed by atoms with Gasteiger partial charge >= 0.3 is 0 Å². The molecule has 26 heavy (non-hydrogen) atoms. The van der Waals surface area contributed by atoms with Crippen LogP contribution in [0.1, 0.15) is 34.5 Å². The molecule has 0 aliphatic carbocycles. The van der Waals surface area contributed by atoms with Gasteiger partial charge in [0, 0.05) is 25.8 Å². The first kappa shape index (κ1) is 16.8. The van der Waals surface area contributed by atoms with Crippen molar-refractivity contribution in [3.8, 4) is 5.13 Å². The molecule has 4 rings (SSSR count). The van der Waals surface area contributed by atoms with Crippen LogP contribution in [-0.4, -0.2) is 33.8 Å². The zero-order chi connectivity index (χ0) is 17.9. The van der Waals surface area contributed by atoms with Crippen LogP contribution in [0.25, 0.3) is 5.13 Å². The Morgan fingerprint density at radius 2 is 1.96 bits per heavy atom. The Morgan fingerprint density at radius 3 is 2.77 bits per heavy atom. The van der Waals surface area contributed by atoms with E-state index >= 15 is 0 Å². The number of hydrogen-bond acceptors (Lipinski definition) is 5. The first-order valence-electron chi connectivity index (χ1n) is 8.80. The second-order valence-electron chi connectivity index (χ2n) is 6.50. The van der Waals surface area contributed by atoms with Crippen LogP contribution >= 0.6 is 11.3 Å². The second-order valence-corrected chi connectivity index (χ2v) is 7.43. The van der Waals surface area contributed by atoms with E-state index in [0.717, 1.165) is 28.9 Å². The van der Waals surface area contributed by atoms with Gasteiger partial charge in [-0.05, 0) is 37.5 Å². The van der Waals surface area contributed by atoms with E-state index in [2.05, 4.69) is 26.5 Å². The maximum atomic E-state index is 12.6. The number of aryl methyl sites for hydroxylation is 1. The smallest absolute Gasteiger partial charge is 0.268 e. The summed E-state index contributed by atoms with van der Waals surface area (Å²) in [7, 11) is 0. The van der Waals surface area contributed by atoms with Crippen LogP contribution in [0.2, 0.25) is 0 Å². The van der Waals surface area contributed by atoms with Gasteiger partial charge in [0.1, 0.15) is 5.69 Å². The highest BCUT2D eigenvalue weighted by Crippen LogP contribution is 2.27. The van der Waals surface area contributed by atoms with Gasteiger partial charge in [-0.1, -0.05) is 41.2 Å². The maximum Gasteiger partial charge on any atom is 0.268 e. The average Bonchev–Trinajstić information content (AvgIpc) is 3.39. The van der Waals surface area contributed by atoms with Crippen molar-refractivity contribution in [2.24, 2.45) is 0 Å². The molecular weight excluding hydrogens is 346 g/mol. The molecular formula is C19H21N5OS. The van der Waals surface area contributed by atoms with E-state index in [9.17, 15) is 4.79 Å². The first-order valence-corrected chi connectivity index (χ1v) is 9.62. The molecule has 1 fully saturated rings. The van der Waals surface area contributed by atoms with Gasteiger partial charge in [-0.2, -0.15) is 0 Å². The summed E-state index contributed by atoms with van der Waals surface area (Å²) in [4.78, 5) is 14.9. The van der Waals surface area contributed by atoms with Crippen LogP contribution in [0.3, 0.4) is 0 Å². The van der Waals surface area contributed by atoms with Crippen LogP contribution in [0, 0.1) is 6.92 Å². The SMILES string of the molecule is Cc1cccc(CNC(=O)c2cccn2-c2nnc(N3CCCC3)s2)c1. The third-order valence-electron chi connectivity index (χ3n) is 4.50. The van der Waals surface area contributed by atoms with Gasteiger partial charge in [-0.15, -0.1) is 10.2 Å². The molecule has 0 spiro atoms. The molecule has 1 amide bonds. The highest BCUT2D eigenvalue weighted by Gasteiger charge is 2.19. The number of rotatable bonds is 5. The molecule has 1 aliphatic rings. The fourth-order valence-corrected chi connectivity index (χ4v) is 4.07. The summed E-state index contributed by atoms with van der Waals surface area (Å²) in [5.74, 6) is -0.116. The highest BCUT2D eigenvalue weighted by molar-refractivity contribution is 7.17. The number of carbonyl (C=O) groups excluding carboxylic acids is 1. The Kier molecular flexibility index (Phi) is 4.71. The van der Waals surface area contributed by atoms with E-state index < -0.39 is 0 Å². The van der Waals surface area contributed by atoms with E-state index in [4.69, 9.17) is 0 Å². The molecule has 2 aromatic heterocycles. The van der Waals surface area contributed by atoms with E-state index in [1.54, 1.807) is 0 Å². The van der Waals surface area contributed by atoms with Crippen molar-refractivity contribution < 1.29 is 4.79 Å². The molecule has 1 aliphatic heterocycles. The third kappa shape index (κ3) is 3.48. The molecule has 134 valence electrons. The lowest BCUT2D eigenvalue weighted by Gasteiger charge is -2.11. The van der Waals surface area contributed by atoms with E-state index in [1.165, 1.54) is 29.7 Å². The number of carbonyl (C=O) groups is 1. The predicted octanol–water partition coefficient (Wildman–Crippen LogP) is 3.17. The summed E-state index contributed by atoms with van der Waals surface area (Å²) in [6, 6.07) is 11.8. The van der Waals surface area contributed by atoms with Gasteiger partial charge in [0.15, 0.2) is 0 Å². The molecule has 1 aromatic carbocycles. The number of benzene rings is 1. The predicted molar refractivity (Wildman–Crippen MR) is 103 cm³/mol. The van der Waals surface area contributed by atoms with Crippen molar-refractivity contribution in [3.63, 3.8) is 0 Å². The normalized spacial score (nSPS) is 14.0. The summed E-state index contributed by atoms with van der Waals surface area (Å²) in [6.45, 7) is 4.61. The Bertz CT molecular complexity index is 910. The van der Waals surface area contributed by atoms with Gasteiger partial charge < -0.3 is 10.2 Å². The molecule has 1 N–H and O–H groups in total. The molecule has 0 atom stereocenters. The fraction of sp³-hybridized carbons (Fsp3) is 0.316. The summed E-state index contributed by atoms with van der Waals surface area (Å²) >= 11 is 1.52. The maximum absolute atomic E-state index is 12.6. The summed E-state index contributed by atoms with van der Waals surface area (Å²) < 4.78 is 1.81. The molecule has 0 unspecified atom stereocenters. The van der Waals surface area contributed by atoms with E-state index in [1.807, 2.05) is 48.0 Å². The molecule has 3 aromatic rings. The lowest BCUT2D eigenvalue weighted by Crippen LogP contribution is -2.25. The Labute approximate surface area is 156 Å². The van der Waals surface area contributed by atoms with Crippen LogP contribution in [0.5, 0.6) is 0 Å². The molecule has 6 nitrogen and oxygen atoms in total. The standard InChI is InChI=1S/C19H21N5OS/c1-14-6-4-7-15(12-14)13-20-17(25)16-8-5-11-24(16)19-22-21-18(26-19)23-9-2-3-10-23/h4-8,11-12H,2-3,9-10,13H2,1H3,(H,20,25). The fourth-order valence-electron chi connectivity index (χ4n) is 3.17. The number of anilines is 1. The van der Waals surface area contributed by atoms with Crippen molar-refractivity contribution in [2.75, 3.05) is 18.0 Å². The zero-order valence-electron chi connectivity index (χ0n) is 14.7. The van der Waals surface area contributed by atoms with Crippen molar-refractivity contribution in [2.45, 2.75) is 26.3 Å². The zero-order valence-corrected chi connectivity index (χ0v) is 15.5. The van der Waals surface area contributed by atoms with E-state index in [0.29, 0.717) is 12.2 Å². The van der Waals surface area contributed by atoms with Crippen LogP contribution < -0.4 is 10.2 Å². The molecule has 1 saturated heterocycles. The number of amides is 1. The van der Waals surface area contributed by atoms with E-state index in [-0.39, 0.29) is 5.91 Å². The largest absolute Gasteiger partial charge is 0.347 e.